The smallest absolute Gasteiger partial charge is 0.171 e. The maximum atomic E-state index is 14.1. The fourth-order valence-corrected chi connectivity index (χ4v) is 3.06. The minimum Gasteiger partial charge on any atom is -0.293 e. The Kier molecular flexibility index (Phi) is 4.12. The van der Waals surface area contributed by atoms with E-state index in [0.29, 0.717) is 4.47 Å². The second-order valence-corrected chi connectivity index (χ2v) is 6.41. The zero-order chi connectivity index (χ0) is 13.3. The molecule has 18 heavy (non-hydrogen) atoms. The summed E-state index contributed by atoms with van der Waals surface area (Å²) < 4.78 is 14.5. The zero-order valence-corrected chi connectivity index (χ0v) is 12.6. The molecule has 0 heterocycles. The molecular weight excluding hydrogens is 319 g/mol. The Morgan fingerprint density at radius 3 is 2.56 bits per heavy atom. The quantitative estimate of drug-likeness (QED) is 0.523. The average molecular weight is 334 g/mol. The standard InChI is InChI=1S/C14H15BrClFO/c1-14(7-3-2-4-8-14)13(18)9-5-6-10(15)11(16)12(9)17/h5-6H,2-4,7-8H2,1H3. The van der Waals surface area contributed by atoms with Gasteiger partial charge in [0.15, 0.2) is 11.6 Å². The highest BCUT2D eigenvalue weighted by Crippen LogP contribution is 2.40. The van der Waals surface area contributed by atoms with E-state index in [1.165, 1.54) is 6.07 Å². The molecule has 1 fully saturated rings. The van der Waals surface area contributed by atoms with Crippen LogP contribution in [0.2, 0.25) is 5.02 Å². The van der Waals surface area contributed by atoms with Crippen molar-refractivity contribution in [2.45, 2.75) is 39.0 Å². The van der Waals surface area contributed by atoms with Gasteiger partial charge in [0.05, 0.1) is 10.6 Å². The van der Waals surface area contributed by atoms with E-state index in [0.717, 1.165) is 32.1 Å². The molecule has 1 aromatic carbocycles. The molecule has 1 aliphatic carbocycles. The molecule has 1 aromatic rings. The van der Waals surface area contributed by atoms with Gasteiger partial charge in [0.25, 0.3) is 0 Å². The fraction of sp³-hybridized carbons (Fsp3) is 0.500. The van der Waals surface area contributed by atoms with Crippen LogP contribution in [0.3, 0.4) is 0 Å². The van der Waals surface area contributed by atoms with Gasteiger partial charge < -0.3 is 0 Å². The van der Waals surface area contributed by atoms with Crippen LogP contribution in [-0.4, -0.2) is 5.78 Å². The molecule has 1 aliphatic rings. The van der Waals surface area contributed by atoms with Gasteiger partial charge in [0, 0.05) is 9.89 Å². The summed E-state index contributed by atoms with van der Waals surface area (Å²) in [6.07, 6.45) is 4.90. The monoisotopic (exact) mass is 332 g/mol. The van der Waals surface area contributed by atoms with Crippen molar-refractivity contribution in [3.8, 4) is 0 Å². The molecule has 2 rings (SSSR count). The molecule has 0 aliphatic heterocycles. The van der Waals surface area contributed by atoms with Crippen LogP contribution < -0.4 is 0 Å². The molecule has 0 radical (unpaired) electrons. The van der Waals surface area contributed by atoms with Gasteiger partial charge >= 0.3 is 0 Å². The first-order valence-corrected chi connectivity index (χ1v) is 7.31. The Labute approximate surface area is 120 Å². The van der Waals surface area contributed by atoms with Crippen molar-refractivity contribution in [2.24, 2.45) is 5.41 Å². The molecule has 0 N–H and O–H groups in total. The van der Waals surface area contributed by atoms with E-state index in [9.17, 15) is 9.18 Å². The van der Waals surface area contributed by atoms with Crippen molar-refractivity contribution in [2.75, 3.05) is 0 Å². The first-order valence-electron chi connectivity index (χ1n) is 6.14. The molecule has 98 valence electrons. The molecular formula is C14H15BrClFO. The van der Waals surface area contributed by atoms with Gasteiger partial charge in [-0.2, -0.15) is 0 Å². The van der Waals surface area contributed by atoms with E-state index in [4.69, 9.17) is 11.6 Å². The van der Waals surface area contributed by atoms with Gasteiger partial charge in [-0.15, -0.1) is 0 Å². The molecule has 0 unspecified atom stereocenters. The summed E-state index contributed by atoms with van der Waals surface area (Å²) in [4.78, 5) is 12.5. The summed E-state index contributed by atoms with van der Waals surface area (Å²) in [5.74, 6) is -0.725. The maximum absolute atomic E-state index is 14.1. The molecule has 0 spiro atoms. The topological polar surface area (TPSA) is 17.1 Å². The summed E-state index contributed by atoms with van der Waals surface area (Å²) in [7, 11) is 0. The summed E-state index contributed by atoms with van der Waals surface area (Å²) in [5, 5.41) is -0.0136. The van der Waals surface area contributed by atoms with Crippen molar-refractivity contribution < 1.29 is 9.18 Å². The molecule has 0 aromatic heterocycles. The van der Waals surface area contributed by atoms with Crippen LogP contribution in [0.1, 0.15) is 49.4 Å². The van der Waals surface area contributed by atoms with Crippen LogP contribution in [0, 0.1) is 11.2 Å². The predicted octanol–water partition coefficient (Wildman–Crippen LogP) is 5.39. The number of carbonyl (C=O) groups excluding carboxylic acids is 1. The van der Waals surface area contributed by atoms with Gasteiger partial charge in [-0.1, -0.05) is 37.8 Å². The number of halogens is 3. The van der Waals surface area contributed by atoms with E-state index >= 15 is 0 Å². The third-order valence-corrected chi connectivity index (χ3v) is 5.04. The van der Waals surface area contributed by atoms with Crippen molar-refractivity contribution in [3.63, 3.8) is 0 Å². The van der Waals surface area contributed by atoms with Gasteiger partial charge in [-0.05, 0) is 40.9 Å². The zero-order valence-electron chi connectivity index (χ0n) is 10.2. The number of carbonyl (C=O) groups is 1. The lowest BCUT2D eigenvalue weighted by molar-refractivity contribution is 0.0745. The van der Waals surface area contributed by atoms with Crippen LogP contribution in [0.15, 0.2) is 16.6 Å². The SMILES string of the molecule is CC1(C(=O)c2ccc(Br)c(Cl)c2F)CCCCC1. The van der Waals surface area contributed by atoms with E-state index in [1.807, 2.05) is 6.92 Å². The molecule has 0 bridgehead atoms. The summed E-state index contributed by atoms with van der Waals surface area (Å²) in [5.41, 5.74) is -0.316. The Bertz CT molecular complexity index is 481. The number of ketones is 1. The lowest BCUT2D eigenvalue weighted by Crippen LogP contribution is -2.31. The molecule has 0 saturated heterocycles. The van der Waals surface area contributed by atoms with E-state index in [-0.39, 0.29) is 16.4 Å². The van der Waals surface area contributed by atoms with E-state index in [2.05, 4.69) is 15.9 Å². The van der Waals surface area contributed by atoms with Gasteiger partial charge in [-0.25, -0.2) is 4.39 Å². The molecule has 4 heteroatoms. The van der Waals surface area contributed by atoms with Crippen molar-refractivity contribution >= 4 is 33.3 Å². The minimum atomic E-state index is -0.608. The minimum absolute atomic E-state index is 0.0136. The average Bonchev–Trinajstić information content (AvgIpc) is 2.36. The third-order valence-electron chi connectivity index (χ3n) is 3.79. The van der Waals surface area contributed by atoms with Gasteiger partial charge in [-0.3, -0.25) is 4.79 Å². The van der Waals surface area contributed by atoms with E-state index in [1.54, 1.807) is 6.07 Å². The molecule has 1 saturated carbocycles. The number of benzene rings is 1. The number of Topliss-reactive ketones (excluding diaryl/α,β-unsaturated/α-hetero) is 1. The lowest BCUT2D eigenvalue weighted by atomic mass is 9.71. The highest BCUT2D eigenvalue weighted by atomic mass is 79.9. The van der Waals surface area contributed by atoms with Crippen LogP contribution in [-0.2, 0) is 0 Å². The number of hydrogen-bond donors (Lipinski definition) is 0. The fourth-order valence-electron chi connectivity index (χ4n) is 2.59. The highest BCUT2D eigenvalue weighted by Gasteiger charge is 2.36. The van der Waals surface area contributed by atoms with Crippen LogP contribution in [0.5, 0.6) is 0 Å². The molecule has 0 amide bonds. The molecule has 0 atom stereocenters. The maximum Gasteiger partial charge on any atom is 0.171 e. The van der Waals surface area contributed by atoms with Crippen LogP contribution >= 0.6 is 27.5 Å². The Morgan fingerprint density at radius 2 is 1.94 bits per heavy atom. The largest absolute Gasteiger partial charge is 0.293 e. The second kappa shape index (κ2) is 5.30. The van der Waals surface area contributed by atoms with Crippen LogP contribution in [0.25, 0.3) is 0 Å². The van der Waals surface area contributed by atoms with E-state index < -0.39 is 11.2 Å². The van der Waals surface area contributed by atoms with Crippen molar-refractivity contribution in [3.05, 3.63) is 33.0 Å². The summed E-state index contributed by atoms with van der Waals surface area (Å²) in [6, 6.07) is 3.15. The number of rotatable bonds is 2. The highest BCUT2D eigenvalue weighted by molar-refractivity contribution is 9.10. The lowest BCUT2D eigenvalue weighted by Gasteiger charge is -2.32. The van der Waals surface area contributed by atoms with Crippen molar-refractivity contribution in [1.82, 2.24) is 0 Å². The first kappa shape index (κ1) is 14.0. The predicted molar refractivity (Wildman–Crippen MR) is 74.6 cm³/mol. The Balaban J connectivity index is 2.37. The van der Waals surface area contributed by atoms with Crippen molar-refractivity contribution in [1.29, 1.82) is 0 Å². The number of hydrogen-bond acceptors (Lipinski definition) is 1. The second-order valence-electron chi connectivity index (χ2n) is 5.17. The Morgan fingerprint density at radius 1 is 1.33 bits per heavy atom. The van der Waals surface area contributed by atoms with Gasteiger partial charge in [0.1, 0.15) is 0 Å². The molecule has 1 nitrogen and oxygen atoms in total. The Hall–Kier alpha value is -0.410. The summed E-state index contributed by atoms with van der Waals surface area (Å²) in [6.45, 7) is 1.93. The normalized spacial score (nSPS) is 18.7. The van der Waals surface area contributed by atoms with Gasteiger partial charge in [0.2, 0.25) is 0 Å². The first-order chi connectivity index (χ1) is 8.46. The summed E-state index contributed by atoms with van der Waals surface area (Å²) >= 11 is 8.99. The third kappa shape index (κ3) is 2.48. The van der Waals surface area contributed by atoms with Crippen LogP contribution in [0.4, 0.5) is 4.39 Å².